The van der Waals surface area contributed by atoms with Crippen molar-refractivity contribution in [2.75, 3.05) is 13.2 Å². The molecule has 2 fully saturated rings. The van der Waals surface area contributed by atoms with Crippen LogP contribution in [0.25, 0.3) is 34.4 Å². The lowest BCUT2D eigenvalue weighted by Crippen LogP contribution is -2.45. The topological polar surface area (TPSA) is 18.5 Å². The number of hydrogen-bond donors (Lipinski definition) is 0. The van der Waals surface area contributed by atoms with Crippen LogP contribution in [0.1, 0.15) is 59.0 Å². The second-order valence-corrected chi connectivity index (χ2v) is 18.1. The van der Waals surface area contributed by atoms with E-state index in [1.807, 2.05) is 0 Å². The van der Waals surface area contributed by atoms with E-state index in [4.69, 9.17) is 9.47 Å². The Morgan fingerprint density at radius 2 is 0.977 bits per heavy atom. The molecule has 43 heavy (non-hydrogen) atoms. The molecular formula is C40H40O2Si. The average molecular weight is 581 g/mol. The molecular weight excluding hydrogens is 541 g/mol. The van der Waals surface area contributed by atoms with Gasteiger partial charge in [0.2, 0.25) is 0 Å². The summed E-state index contributed by atoms with van der Waals surface area (Å²) in [5.74, 6) is 0. The van der Waals surface area contributed by atoms with Gasteiger partial charge >= 0.3 is 0 Å². The molecule has 4 unspecified atom stereocenters. The van der Waals surface area contributed by atoms with Gasteiger partial charge in [0.1, 0.15) is 0 Å². The summed E-state index contributed by atoms with van der Waals surface area (Å²) in [5.41, 5.74) is 14.9. The van der Waals surface area contributed by atoms with Crippen molar-refractivity contribution in [2.45, 2.75) is 62.1 Å². The SMILES string of the molecule is C[Si](C)(C1C(C2CCCO2)=Cc2c(-c3ccccc3)cccc21)C1C(C2CCCO2)=Cc2c(-c3ccccc3)cccc21. The van der Waals surface area contributed by atoms with Crippen LogP contribution in [0.4, 0.5) is 0 Å². The summed E-state index contributed by atoms with van der Waals surface area (Å²) in [4.78, 5) is 0. The standard InChI is InChI=1S/C40H40O2Si/c1-43(2,39-31-19-9-17-29(27-13-5-3-6-14-27)33(31)25-35(39)37-21-11-23-41-37)40-32-20-10-18-30(28-15-7-4-8-16-28)34(32)26-36(40)38-22-12-24-42-38/h3-10,13-20,25-26,37-40H,11-12,21-24H2,1-2H3. The maximum Gasteiger partial charge on any atom is 0.0792 e. The molecule has 4 atom stereocenters. The van der Waals surface area contributed by atoms with E-state index in [1.165, 1.54) is 55.7 Å². The first-order valence-corrected chi connectivity index (χ1v) is 19.3. The van der Waals surface area contributed by atoms with Gasteiger partial charge in [0.15, 0.2) is 0 Å². The van der Waals surface area contributed by atoms with Gasteiger partial charge in [-0.05, 0) is 81.3 Å². The van der Waals surface area contributed by atoms with Gasteiger partial charge in [0.05, 0.1) is 20.3 Å². The molecule has 0 N–H and O–H groups in total. The monoisotopic (exact) mass is 580 g/mol. The number of ether oxygens (including phenoxy) is 2. The normalized spacial score (nSPS) is 24.5. The Hall–Kier alpha value is -3.50. The Balaban J connectivity index is 1.30. The molecule has 0 radical (unpaired) electrons. The summed E-state index contributed by atoms with van der Waals surface area (Å²) in [5, 5.41) is 0. The van der Waals surface area contributed by atoms with E-state index in [0.717, 1.165) is 38.9 Å². The molecule has 0 amide bonds. The van der Waals surface area contributed by atoms with Gasteiger partial charge in [0, 0.05) is 24.3 Å². The predicted molar refractivity (Wildman–Crippen MR) is 181 cm³/mol. The first-order chi connectivity index (χ1) is 21.1. The van der Waals surface area contributed by atoms with E-state index in [-0.39, 0.29) is 12.2 Å². The average Bonchev–Trinajstić information content (AvgIpc) is 3.86. The Morgan fingerprint density at radius 1 is 0.535 bits per heavy atom. The molecule has 2 saturated heterocycles. The maximum atomic E-state index is 6.49. The van der Waals surface area contributed by atoms with Crippen LogP contribution in [-0.4, -0.2) is 33.5 Å². The van der Waals surface area contributed by atoms with Gasteiger partial charge in [-0.2, -0.15) is 0 Å². The van der Waals surface area contributed by atoms with Crippen molar-refractivity contribution in [1.82, 2.24) is 0 Å². The molecule has 4 aromatic carbocycles. The Bertz CT molecular complexity index is 1580. The van der Waals surface area contributed by atoms with Gasteiger partial charge in [-0.15, -0.1) is 0 Å². The second-order valence-electron chi connectivity index (χ2n) is 13.3. The molecule has 2 aliphatic carbocycles. The van der Waals surface area contributed by atoms with Crippen LogP contribution in [0.3, 0.4) is 0 Å². The van der Waals surface area contributed by atoms with Crippen LogP contribution in [0.5, 0.6) is 0 Å². The third kappa shape index (κ3) is 4.52. The zero-order chi connectivity index (χ0) is 29.0. The minimum Gasteiger partial charge on any atom is -0.374 e. The summed E-state index contributed by atoms with van der Waals surface area (Å²) in [7, 11) is -2.15. The summed E-state index contributed by atoms with van der Waals surface area (Å²) in [6.45, 7) is 7.05. The van der Waals surface area contributed by atoms with E-state index in [1.54, 1.807) is 0 Å². The first-order valence-electron chi connectivity index (χ1n) is 16.1. The minimum atomic E-state index is -2.15. The van der Waals surface area contributed by atoms with E-state index >= 15 is 0 Å². The van der Waals surface area contributed by atoms with Crippen molar-refractivity contribution in [3.8, 4) is 22.3 Å². The zero-order valence-electron chi connectivity index (χ0n) is 25.3. The number of fused-ring (bicyclic) bond motifs is 2. The second kappa shape index (κ2) is 10.9. The quantitative estimate of drug-likeness (QED) is 0.211. The lowest BCUT2D eigenvalue weighted by molar-refractivity contribution is 0.134. The molecule has 0 bridgehead atoms. The summed E-state index contributed by atoms with van der Waals surface area (Å²) >= 11 is 0. The molecule has 2 aliphatic heterocycles. The van der Waals surface area contributed by atoms with E-state index in [2.05, 4.69) is 122 Å². The summed E-state index contributed by atoms with van der Waals surface area (Å²) in [6.07, 6.45) is 10.0. The molecule has 2 heterocycles. The highest BCUT2D eigenvalue weighted by atomic mass is 28.3. The molecule has 216 valence electrons. The van der Waals surface area contributed by atoms with Gasteiger partial charge < -0.3 is 9.47 Å². The number of benzene rings is 4. The zero-order valence-corrected chi connectivity index (χ0v) is 26.3. The van der Waals surface area contributed by atoms with Crippen molar-refractivity contribution in [2.24, 2.45) is 0 Å². The lowest BCUT2D eigenvalue weighted by Gasteiger charge is -2.42. The third-order valence-corrected chi connectivity index (χ3v) is 14.7. The van der Waals surface area contributed by atoms with Gasteiger partial charge in [-0.25, -0.2) is 0 Å². The molecule has 0 saturated carbocycles. The van der Waals surface area contributed by atoms with E-state index in [9.17, 15) is 0 Å². The van der Waals surface area contributed by atoms with Crippen molar-refractivity contribution in [1.29, 1.82) is 0 Å². The smallest absolute Gasteiger partial charge is 0.0792 e. The van der Waals surface area contributed by atoms with Crippen LogP contribution < -0.4 is 0 Å². The van der Waals surface area contributed by atoms with Crippen LogP contribution in [0, 0.1) is 0 Å². The first kappa shape index (κ1) is 27.1. The summed E-state index contributed by atoms with van der Waals surface area (Å²) < 4.78 is 13.0. The fourth-order valence-electron chi connectivity index (χ4n) is 8.66. The molecule has 3 heteroatoms. The Kier molecular flexibility index (Phi) is 6.86. The van der Waals surface area contributed by atoms with Crippen molar-refractivity contribution >= 4 is 20.2 Å². The van der Waals surface area contributed by atoms with Gasteiger partial charge in [-0.1, -0.05) is 122 Å². The Labute approximate surface area is 257 Å². The van der Waals surface area contributed by atoms with Gasteiger partial charge in [0.25, 0.3) is 0 Å². The van der Waals surface area contributed by atoms with Crippen molar-refractivity contribution < 1.29 is 9.47 Å². The van der Waals surface area contributed by atoms with Gasteiger partial charge in [-0.3, -0.25) is 0 Å². The predicted octanol–water partition coefficient (Wildman–Crippen LogP) is 9.83. The fraction of sp³-hybridized carbons (Fsp3) is 0.300. The van der Waals surface area contributed by atoms with E-state index < -0.39 is 8.07 Å². The summed E-state index contributed by atoms with van der Waals surface area (Å²) in [6, 6.07) is 35.9. The minimum absolute atomic E-state index is 0.208. The fourth-order valence-corrected chi connectivity index (χ4v) is 13.4. The molecule has 0 spiro atoms. The van der Waals surface area contributed by atoms with Crippen molar-refractivity contribution in [3.05, 3.63) is 130 Å². The highest BCUT2D eigenvalue weighted by Crippen LogP contribution is 2.57. The Morgan fingerprint density at radius 3 is 1.37 bits per heavy atom. The number of rotatable bonds is 6. The van der Waals surface area contributed by atoms with Crippen molar-refractivity contribution in [3.63, 3.8) is 0 Å². The van der Waals surface area contributed by atoms with Crippen LogP contribution in [-0.2, 0) is 9.47 Å². The molecule has 0 aromatic heterocycles. The van der Waals surface area contributed by atoms with Crippen LogP contribution >= 0.6 is 0 Å². The number of hydrogen-bond acceptors (Lipinski definition) is 2. The molecule has 4 aromatic rings. The highest BCUT2D eigenvalue weighted by molar-refractivity contribution is 6.82. The van der Waals surface area contributed by atoms with E-state index in [0.29, 0.717) is 11.1 Å². The largest absolute Gasteiger partial charge is 0.374 e. The van der Waals surface area contributed by atoms with Crippen LogP contribution in [0.15, 0.2) is 108 Å². The third-order valence-electron chi connectivity index (χ3n) is 10.5. The molecule has 4 aliphatic rings. The molecule has 8 rings (SSSR count). The van der Waals surface area contributed by atoms with Crippen LogP contribution in [0.2, 0.25) is 13.1 Å². The highest BCUT2D eigenvalue weighted by Gasteiger charge is 2.51. The maximum absolute atomic E-state index is 6.49. The lowest BCUT2D eigenvalue weighted by atomic mass is 9.97. The molecule has 2 nitrogen and oxygen atoms in total.